The molecule has 0 bridgehead atoms. The van der Waals surface area contributed by atoms with Crippen LogP contribution in [0.1, 0.15) is 5.56 Å². The van der Waals surface area contributed by atoms with Crippen LogP contribution in [-0.2, 0) is 0 Å². The Morgan fingerprint density at radius 1 is 1.00 bits per heavy atom. The van der Waals surface area contributed by atoms with E-state index >= 15 is 0 Å². The molecule has 5 nitrogen and oxygen atoms in total. The highest BCUT2D eigenvalue weighted by Gasteiger charge is 2.09. The molecule has 0 amide bonds. The third kappa shape index (κ3) is 2.72. The van der Waals surface area contributed by atoms with Crippen LogP contribution < -0.4 is 5.69 Å². The molecule has 4 aromatic rings. The maximum Gasteiger partial charge on any atom is 0.349 e. The molecule has 0 spiro atoms. The fourth-order valence-electron chi connectivity index (χ4n) is 2.47. The van der Waals surface area contributed by atoms with E-state index in [9.17, 15) is 4.79 Å². The molecule has 0 saturated carbocycles. The standard InChI is InChI=1S/C18H14N4OS/c1-12-2-6-14(7-3-12)24-15-8-4-13(5-9-15)16-10-21-22-17(16)19-11-20-18(22)23/h2-11H,1H3,(H,19,20,23). The lowest BCUT2D eigenvalue weighted by atomic mass is 10.1. The molecular formula is C18H14N4OS. The van der Waals surface area contributed by atoms with Crippen LogP contribution in [0.4, 0.5) is 0 Å². The number of aromatic nitrogens is 4. The first-order valence-corrected chi connectivity index (χ1v) is 8.29. The Morgan fingerprint density at radius 3 is 2.38 bits per heavy atom. The van der Waals surface area contributed by atoms with Crippen molar-refractivity contribution in [3.8, 4) is 11.1 Å². The van der Waals surface area contributed by atoms with Gasteiger partial charge in [-0.3, -0.25) is 4.98 Å². The topological polar surface area (TPSA) is 63.1 Å². The summed E-state index contributed by atoms with van der Waals surface area (Å²) in [5, 5.41) is 4.10. The van der Waals surface area contributed by atoms with E-state index in [1.54, 1.807) is 18.0 Å². The predicted molar refractivity (Wildman–Crippen MR) is 94.3 cm³/mol. The number of benzene rings is 2. The van der Waals surface area contributed by atoms with Crippen LogP contribution in [0.15, 0.2) is 75.6 Å². The van der Waals surface area contributed by atoms with Crippen molar-refractivity contribution in [2.45, 2.75) is 16.7 Å². The summed E-state index contributed by atoms with van der Waals surface area (Å²) in [4.78, 5) is 20.8. The number of H-pyrrole nitrogens is 1. The van der Waals surface area contributed by atoms with E-state index in [0.29, 0.717) is 5.65 Å². The zero-order chi connectivity index (χ0) is 16.5. The first-order valence-electron chi connectivity index (χ1n) is 7.47. The summed E-state index contributed by atoms with van der Waals surface area (Å²) in [6.07, 6.45) is 3.06. The van der Waals surface area contributed by atoms with Gasteiger partial charge in [-0.2, -0.15) is 9.61 Å². The van der Waals surface area contributed by atoms with Crippen molar-refractivity contribution in [2.24, 2.45) is 0 Å². The zero-order valence-corrected chi connectivity index (χ0v) is 13.7. The lowest BCUT2D eigenvalue weighted by molar-refractivity contribution is 0.840. The number of nitrogens with one attached hydrogen (secondary N) is 1. The monoisotopic (exact) mass is 334 g/mol. The van der Waals surface area contributed by atoms with Crippen molar-refractivity contribution in [3.63, 3.8) is 0 Å². The third-order valence-corrected chi connectivity index (χ3v) is 4.75. The van der Waals surface area contributed by atoms with Gasteiger partial charge in [-0.1, -0.05) is 41.6 Å². The summed E-state index contributed by atoms with van der Waals surface area (Å²) in [6.45, 7) is 2.08. The lowest BCUT2D eigenvalue weighted by Crippen LogP contribution is -2.17. The number of aromatic amines is 1. The Hall–Kier alpha value is -2.86. The molecule has 4 rings (SSSR count). The Balaban J connectivity index is 1.64. The highest BCUT2D eigenvalue weighted by Crippen LogP contribution is 2.30. The molecule has 118 valence electrons. The average molecular weight is 334 g/mol. The second kappa shape index (κ2) is 5.98. The van der Waals surface area contributed by atoms with E-state index in [1.807, 2.05) is 12.1 Å². The molecule has 0 saturated heterocycles. The van der Waals surface area contributed by atoms with Gasteiger partial charge in [0.05, 0.1) is 12.5 Å². The van der Waals surface area contributed by atoms with Crippen LogP contribution >= 0.6 is 11.8 Å². The van der Waals surface area contributed by atoms with Crippen molar-refractivity contribution in [2.75, 3.05) is 0 Å². The van der Waals surface area contributed by atoms with Crippen LogP contribution in [-0.4, -0.2) is 19.6 Å². The Morgan fingerprint density at radius 2 is 1.67 bits per heavy atom. The quantitative estimate of drug-likeness (QED) is 0.622. The molecule has 2 heterocycles. The van der Waals surface area contributed by atoms with Gasteiger partial charge in [0.25, 0.3) is 0 Å². The summed E-state index contributed by atoms with van der Waals surface area (Å²) in [5.74, 6) is 0. The zero-order valence-electron chi connectivity index (χ0n) is 12.9. The van der Waals surface area contributed by atoms with Crippen molar-refractivity contribution >= 4 is 17.4 Å². The minimum atomic E-state index is -0.294. The van der Waals surface area contributed by atoms with Crippen LogP contribution in [0.2, 0.25) is 0 Å². The van der Waals surface area contributed by atoms with Gasteiger partial charge in [0.2, 0.25) is 0 Å². The van der Waals surface area contributed by atoms with Crippen molar-refractivity contribution in [3.05, 3.63) is 77.1 Å². The molecule has 2 aromatic carbocycles. The maximum absolute atomic E-state index is 11.7. The number of aryl methyl sites for hydroxylation is 1. The van der Waals surface area contributed by atoms with Gasteiger partial charge in [-0.15, -0.1) is 0 Å². The van der Waals surface area contributed by atoms with Crippen LogP contribution in [0.5, 0.6) is 0 Å². The summed E-state index contributed by atoms with van der Waals surface area (Å²) in [5.41, 5.74) is 3.34. The lowest BCUT2D eigenvalue weighted by Gasteiger charge is -2.04. The van der Waals surface area contributed by atoms with Crippen molar-refractivity contribution in [1.29, 1.82) is 0 Å². The number of hydrogen-bond acceptors (Lipinski definition) is 4. The summed E-state index contributed by atoms with van der Waals surface area (Å²) in [6, 6.07) is 16.6. The number of fused-ring (bicyclic) bond motifs is 1. The van der Waals surface area contributed by atoms with Gasteiger partial charge >= 0.3 is 5.69 Å². The van der Waals surface area contributed by atoms with Crippen LogP contribution in [0.3, 0.4) is 0 Å². The number of nitrogens with zero attached hydrogens (tertiary/aromatic N) is 3. The smallest absolute Gasteiger partial charge is 0.296 e. The fourth-order valence-corrected chi connectivity index (χ4v) is 3.29. The van der Waals surface area contributed by atoms with E-state index in [4.69, 9.17) is 0 Å². The molecule has 2 aromatic heterocycles. The Bertz CT molecular complexity index is 1050. The van der Waals surface area contributed by atoms with Gasteiger partial charge < -0.3 is 0 Å². The highest BCUT2D eigenvalue weighted by molar-refractivity contribution is 7.99. The molecule has 0 aliphatic carbocycles. The first-order chi connectivity index (χ1) is 11.7. The maximum atomic E-state index is 11.7. The van der Waals surface area contributed by atoms with Crippen molar-refractivity contribution in [1.82, 2.24) is 19.6 Å². The molecule has 0 atom stereocenters. The minimum absolute atomic E-state index is 0.294. The second-order valence-corrected chi connectivity index (χ2v) is 6.59. The number of rotatable bonds is 3. The fraction of sp³-hybridized carbons (Fsp3) is 0.0556. The third-order valence-electron chi connectivity index (χ3n) is 3.73. The molecule has 24 heavy (non-hydrogen) atoms. The molecule has 0 radical (unpaired) electrons. The predicted octanol–water partition coefficient (Wildman–Crippen LogP) is 3.54. The molecule has 0 aliphatic rings. The van der Waals surface area contributed by atoms with Gasteiger partial charge in [-0.05, 0) is 36.8 Å². The summed E-state index contributed by atoms with van der Waals surface area (Å²) in [7, 11) is 0. The first kappa shape index (κ1) is 14.7. The average Bonchev–Trinajstić information content (AvgIpc) is 3.03. The summed E-state index contributed by atoms with van der Waals surface area (Å²) < 4.78 is 1.27. The highest BCUT2D eigenvalue weighted by atomic mass is 32.2. The van der Waals surface area contributed by atoms with Crippen LogP contribution in [0.25, 0.3) is 16.8 Å². The normalized spacial score (nSPS) is 11.0. The van der Waals surface area contributed by atoms with E-state index in [0.717, 1.165) is 16.0 Å². The van der Waals surface area contributed by atoms with Gasteiger partial charge in [-0.25, -0.2) is 9.78 Å². The molecule has 0 unspecified atom stereocenters. The SMILES string of the molecule is Cc1ccc(Sc2ccc(-c3cnn4c(=O)[nH]cnc34)cc2)cc1. The van der Waals surface area contributed by atoms with Gasteiger partial charge in [0.15, 0.2) is 5.65 Å². The molecule has 6 heteroatoms. The molecule has 0 fully saturated rings. The van der Waals surface area contributed by atoms with Crippen LogP contribution in [0, 0.1) is 6.92 Å². The molecule has 1 N–H and O–H groups in total. The van der Waals surface area contributed by atoms with Gasteiger partial charge in [0, 0.05) is 15.4 Å². The van der Waals surface area contributed by atoms with E-state index < -0.39 is 0 Å². The Labute approximate surface area is 142 Å². The Kier molecular flexibility index (Phi) is 3.66. The van der Waals surface area contributed by atoms with E-state index in [2.05, 4.69) is 58.4 Å². The largest absolute Gasteiger partial charge is 0.349 e. The number of hydrogen-bond donors (Lipinski definition) is 1. The van der Waals surface area contributed by atoms with Crippen molar-refractivity contribution < 1.29 is 0 Å². The molecule has 0 aliphatic heterocycles. The van der Waals surface area contributed by atoms with E-state index in [1.165, 1.54) is 21.3 Å². The molecular weight excluding hydrogens is 320 g/mol. The second-order valence-electron chi connectivity index (χ2n) is 5.44. The summed E-state index contributed by atoms with van der Waals surface area (Å²) >= 11 is 1.72. The minimum Gasteiger partial charge on any atom is -0.296 e. The van der Waals surface area contributed by atoms with E-state index in [-0.39, 0.29) is 5.69 Å². The van der Waals surface area contributed by atoms with Gasteiger partial charge in [0.1, 0.15) is 0 Å².